The minimum absolute atomic E-state index is 0.108. The number of ether oxygens (including phenoxy) is 4. The van der Waals surface area contributed by atoms with Crippen molar-refractivity contribution in [3.63, 3.8) is 0 Å². The Kier molecular flexibility index (Phi) is 69.6. The first kappa shape index (κ1) is 95.1. The fraction of sp³-hybridized carbons (Fsp3) is 0.949. The molecule has 0 aromatic carbocycles. The van der Waals surface area contributed by atoms with Crippen LogP contribution in [0.5, 0.6) is 0 Å². The maximum absolute atomic E-state index is 13.1. The van der Waals surface area contributed by atoms with E-state index in [-0.39, 0.29) is 25.7 Å². The third-order valence-electron chi connectivity index (χ3n) is 18.3. The molecule has 0 radical (unpaired) electrons. The molecule has 97 heavy (non-hydrogen) atoms. The van der Waals surface area contributed by atoms with Crippen molar-refractivity contribution >= 4 is 39.5 Å². The molecule has 0 saturated carbocycles. The van der Waals surface area contributed by atoms with Gasteiger partial charge in [0.2, 0.25) is 0 Å². The van der Waals surface area contributed by atoms with Gasteiger partial charge in [0.05, 0.1) is 26.4 Å². The second-order valence-electron chi connectivity index (χ2n) is 28.6. The minimum Gasteiger partial charge on any atom is -0.462 e. The molecule has 0 saturated heterocycles. The summed E-state index contributed by atoms with van der Waals surface area (Å²) in [5, 5.41) is 10.6. The molecule has 576 valence electrons. The Bertz CT molecular complexity index is 1860. The summed E-state index contributed by atoms with van der Waals surface area (Å²) in [4.78, 5) is 72.8. The molecule has 0 aromatic rings. The van der Waals surface area contributed by atoms with E-state index in [0.717, 1.165) is 102 Å². The number of aliphatic hydroxyl groups is 1. The van der Waals surface area contributed by atoms with Crippen LogP contribution in [0.2, 0.25) is 0 Å². The highest BCUT2D eigenvalue weighted by Crippen LogP contribution is 2.45. The summed E-state index contributed by atoms with van der Waals surface area (Å²) in [6, 6.07) is 0. The molecule has 2 unspecified atom stereocenters. The van der Waals surface area contributed by atoms with Crippen molar-refractivity contribution < 1.29 is 80.2 Å². The smallest absolute Gasteiger partial charge is 0.462 e. The van der Waals surface area contributed by atoms with Crippen LogP contribution in [0.1, 0.15) is 413 Å². The van der Waals surface area contributed by atoms with Gasteiger partial charge in [0.25, 0.3) is 0 Å². The Morgan fingerprint density at radius 3 is 0.701 bits per heavy atom. The third-order valence-corrected chi connectivity index (χ3v) is 20.2. The second kappa shape index (κ2) is 71.1. The van der Waals surface area contributed by atoms with Crippen molar-refractivity contribution in [1.82, 2.24) is 0 Å². The Hall–Kier alpha value is -1.94. The lowest BCUT2D eigenvalue weighted by molar-refractivity contribution is -0.161. The lowest BCUT2D eigenvalue weighted by Crippen LogP contribution is -2.30. The van der Waals surface area contributed by atoms with Crippen LogP contribution in [-0.2, 0) is 65.4 Å². The Balaban J connectivity index is 5.21. The van der Waals surface area contributed by atoms with E-state index in [9.17, 15) is 43.2 Å². The molecule has 0 aliphatic heterocycles. The standard InChI is InChI=1S/C78H152O17P2/c1-6-9-12-15-18-21-23-25-27-29-34-38-42-47-52-57-62-76(81)89-68-74(95-78(83)64-59-54-49-44-40-36-32-31-33-37-41-45-50-55-60-71(4)5)70-93-97(86,87)91-66-72(79)65-90-96(84,85)92-69-73(67-88-75(80)61-56-51-46-20-17-14-11-8-3)94-77(82)63-58-53-48-43-39-35-30-28-26-24-22-19-16-13-10-7-2/h71-74,79H,6-70H2,1-5H3,(H,84,85)(H,86,87)/t72-,73+,74+/m0/s1. The van der Waals surface area contributed by atoms with Crippen LogP contribution in [0.25, 0.3) is 0 Å². The van der Waals surface area contributed by atoms with E-state index in [1.807, 2.05) is 0 Å². The van der Waals surface area contributed by atoms with Crippen molar-refractivity contribution in [3.8, 4) is 0 Å². The van der Waals surface area contributed by atoms with E-state index >= 15 is 0 Å². The summed E-state index contributed by atoms with van der Waals surface area (Å²) < 4.78 is 68.6. The van der Waals surface area contributed by atoms with Crippen LogP contribution < -0.4 is 0 Å². The molecule has 0 bridgehead atoms. The topological polar surface area (TPSA) is 237 Å². The molecule has 3 N–H and O–H groups in total. The van der Waals surface area contributed by atoms with E-state index < -0.39 is 97.5 Å². The zero-order chi connectivity index (χ0) is 71.2. The summed E-state index contributed by atoms with van der Waals surface area (Å²) in [5.41, 5.74) is 0. The molecule has 0 aromatic heterocycles. The number of hydrogen-bond acceptors (Lipinski definition) is 15. The number of phosphoric acid groups is 2. The molecule has 19 heteroatoms. The van der Waals surface area contributed by atoms with Gasteiger partial charge in [-0.3, -0.25) is 37.3 Å². The zero-order valence-corrected chi connectivity index (χ0v) is 65.0. The highest BCUT2D eigenvalue weighted by Gasteiger charge is 2.30. The first-order chi connectivity index (χ1) is 47.0. The Labute approximate surface area is 594 Å². The molecule has 0 amide bonds. The highest BCUT2D eigenvalue weighted by atomic mass is 31.2. The largest absolute Gasteiger partial charge is 0.472 e. The molecule has 5 atom stereocenters. The van der Waals surface area contributed by atoms with E-state index in [1.54, 1.807) is 0 Å². The van der Waals surface area contributed by atoms with Gasteiger partial charge in [-0.25, -0.2) is 9.13 Å². The third kappa shape index (κ3) is 72.2. The van der Waals surface area contributed by atoms with Crippen molar-refractivity contribution in [1.29, 1.82) is 0 Å². The normalized spacial score (nSPS) is 13.9. The van der Waals surface area contributed by atoms with E-state index in [4.69, 9.17) is 37.0 Å². The first-order valence-electron chi connectivity index (χ1n) is 40.6. The second-order valence-corrected chi connectivity index (χ2v) is 31.5. The van der Waals surface area contributed by atoms with E-state index in [1.165, 1.54) is 231 Å². The van der Waals surface area contributed by atoms with E-state index in [2.05, 4.69) is 34.6 Å². The number of esters is 4. The number of unbranched alkanes of at least 4 members (excludes halogenated alkanes) is 50. The van der Waals surface area contributed by atoms with Crippen LogP contribution in [-0.4, -0.2) is 96.7 Å². The summed E-state index contributed by atoms with van der Waals surface area (Å²) in [5.74, 6) is -1.32. The summed E-state index contributed by atoms with van der Waals surface area (Å²) in [6.45, 7) is 7.31. The number of carbonyl (C=O) groups is 4. The van der Waals surface area contributed by atoms with Crippen molar-refractivity contribution in [2.75, 3.05) is 39.6 Å². The predicted molar refractivity (Wildman–Crippen MR) is 395 cm³/mol. The molecule has 0 aliphatic carbocycles. The van der Waals surface area contributed by atoms with Gasteiger partial charge in [0.15, 0.2) is 12.2 Å². The summed E-state index contributed by atoms with van der Waals surface area (Å²) in [7, 11) is -9.91. The number of aliphatic hydroxyl groups excluding tert-OH is 1. The average Bonchev–Trinajstić information content (AvgIpc) is 1.82. The zero-order valence-electron chi connectivity index (χ0n) is 63.2. The van der Waals surface area contributed by atoms with Crippen molar-refractivity contribution in [3.05, 3.63) is 0 Å². The molecule has 0 spiro atoms. The monoisotopic (exact) mass is 1420 g/mol. The quantitative estimate of drug-likeness (QED) is 0.0222. The van der Waals surface area contributed by atoms with Gasteiger partial charge in [-0.1, -0.05) is 362 Å². The summed E-state index contributed by atoms with van der Waals surface area (Å²) >= 11 is 0. The lowest BCUT2D eigenvalue weighted by atomic mass is 10.0. The van der Waals surface area contributed by atoms with Crippen LogP contribution >= 0.6 is 15.6 Å². The highest BCUT2D eigenvalue weighted by molar-refractivity contribution is 7.47. The fourth-order valence-corrected chi connectivity index (χ4v) is 13.6. The van der Waals surface area contributed by atoms with Crippen LogP contribution in [0.4, 0.5) is 0 Å². The SMILES string of the molecule is CCCCCCCCCCCCCCCCCCC(=O)OC[C@H](COP(=O)(O)OC[C@@H](O)COP(=O)(O)OC[C@@H](COC(=O)CCCCCCCCCC)OC(=O)CCCCCCCCCCCCCCCCCC)OC(=O)CCCCCCCCCCCCCCCCC(C)C. The van der Waals surface area contributed by atoms with Gasteiger partial charge in [0.1, 0.15) is 19.3 Å². The number of carbonyl (C=O) groups excluding carboxylic acids is 4. The first-order valence-corrected chi connectivity index (χ1v) is 43.6. The fourth-order valence-electron chi connectivity index (χ4n) is 12.1. The van der Waals surface area contributed by atoms with Crippen molar-refractivity contribution in [2.45, 2.75) is 432 Å². The molecular formula is C78H152O17P2. The van der Waals surface area contributed by atoms with E-state index in [0.29, 0.717) is 25.7 Å². The van der Waals surface area contributed by atoms with Gasteiger partial charge in [-0.15, -0.1) is 0 Å². The van der Waals surface area contributed by atoms with Gasteiger partial charge in [-0.2, -0.15) is 0 Å². The van der Waals surface area contributed by atoms with Crippen LogP contribution in [0.3, 0.4) is 0 Å². The Morgan fingerprint density at radius 1 is 0.278 bits per heavy atom. The molecule has 0 fully saturated rings. The molecule has 0 heterocycles. The van der Waals surface area contributed by atoms with Crippen LogP contribution in [0, 0.1) is 5.92 Å². The number of phosphoric ester groups is 2. The lowest BCUT2D eigenvalue weighted by Gasteiger charge is -2.21. The maximum atomic E-state index is 13.1. The Morgan fingerprint density at radius 2 is 0.474 bits per heavy atom. The number of hydrogen-bond donors (Lipinski definition) is 3. The average molecular weight is 1420 g/mol. The minimum atomic E-state index is -4.96. The summed E-state index contributed by atoms with van der Waals surface area (Å²) in [6.07, 6.45) is 61.0. The number of rotatable bonds is 78. The molecule has 0 aliphatic rings. The molecule has 0 rings (SSSR count). The van der Waals surface area contributed by atoms with Gasteiger partial charge >= 0.3 is 39.5 Å². The predicted octanol–water partition coefficient (Wildman–Crippen LogP) is 23.3. The molecular weight excluding hydrogens is 1270 g/mol. The van der Waals surface area contributed by atoms with Gasteiger partial charge < -0.3 is 33.8 Å². The van der Waals surface area contributed by atoms with Gasteiger partial charge in [0, 0.05) is 25.7 Å². The van der Waals surface area contributed by atoms with Crippen LogP contribution in [0.15, 0.2) is 0 Å². The van der Waals surface area contributed by atoms with Gasteiger partial charge in [-0.05, 0) is 31.6 Å². The van der Waals surface area contributed by atoms with Crippen molar-refractivity contribution in [2.24, 2.45) is 5.92 Å². The maximum Gasteiger partial charge on any atom is 0.472 e. The molecule has 17 nitrogen and oxygen atoms in total.